The fourth-order valence-electron chi connectivity index (χ4n) is 3.10. The zero-order valence-corrected chi connectivity index (χ0v) is 14.3. The maximum absolute atomic E-state index is 10.7. The second-order valence-electron chi connectivity index (χ2n) is 6.12. The molecular formula is C15H27ClN4O. The molecule has 2 atom stereocenters. The van der Waals surface area contributed by atoms with Crippen LogP contribution in [0.2, 0.25) is 5.02 Å². The predicted octanol–water partition coefficient (Wildman–Crippen LogP) is 1.18. The highest BCUT2D eigenvalue weighted by molar-refractivity contribution is 6.31. The van der Waals surface area contributed by atoms with Gasteiger partial charge in [-0.25, -0.2) is 0 Å². The number of aromatic nitrogens is 2. The fraction of sp³-hybridized carbons (Fsp3) is 0.800. The summed E-state index contributed by atoms with van der Waals surface area (Å²) >= 11 is 6.39. The molecule has 0 radical (unpaired) electrons. The van der Waals surface area contributed by atoms with Crippen LogP contribution in [0.1, 0.15) is 24.7 Å². The van der Waals surface area contributed by atoms with Crippen LogP contribution in [-0.4, -0.2) is 70.6 Å². The molecule has 1 saturated heterocycles. The average molecular weight is 315 g/mol. The standard InChI is InChI=1S/C15H27ClN4O/c1-5-11-15(16)12(20(4)17-11)9-14(21)13-10-18(2)7-6-8-19(13)3/h13-14,21H,5-10H2,1-4H3. The molecule has 6 heteroatoms. The number of nitrogens with zero attached hydrogens (tertiary/aromatic N) is 4. The zero-order chi connectivity index (χ0) is 15.6. The predicted molar refractivity (Wildman–Crippen MR) is 85.8 cm³/mol. The van der Waals surface area contributed by atoms with Crippen LogP contribution in [0.5, 0.6) is 0 Å². The van der Waals surface area contributed by atoms with Crippen LogP contribution >= 0.6 is 11.6 Å². The highest BCUT2D eigenvalue weighted by Gasteiger charge is 2.29. The maximum Gasteiger partial charge on any atom is 0.0850 e. The van der Waals surface area contributed by atoms with Gasteiger partial charge in [0.1, 0.15) is 0 Å². The number of likely N-dealkylation sites (N-methyl/N-ethyl adjacent to an activating group) is 2. The molecule has 0 aliphatic carbocycles. The van der Waals surface area contributed by atoms with Crippen molar-refractivity contribution in [3.63, 3.8) is 0 Å². The Morgan fingerprint density at radius 2 is 2.05 bits per heavy atom. The van der Waals surface area contributed by atoms with Gasteiger partial charge in [-0.05, 0) is 40.0 Å². The Labute approximate surface area is 132 Å². The van der Waals surface area contributed by atoms with Gasteiger partial charge in [0, 0.05) is 26.1 Å². The van der Waals surface area contributed by atoms with E-state index in [-0.39, 0.29) is 6.04 Å². The average Bonchev–Trinajstić information content (AvgIpc) is 2.60. The monoisotopic (exact) mass is 314 g/mol. The van der Waals surface area contributed by atoms with Gasteiger partial charge in [-0.2, -0.15) is 5.10 Å². The minimum absolute atomic E-state index is 0.133. The molecule has 1 fully saturated rings. The highest BCUT2D eigenvalue weighted by Crippen LogP contribution is 2.23. The fourth-order valence-corrected chi connectivity index (χ4v) is 3.47. The lowest BCUT2D eigenvalue weighted by atomic mass is 10.0. The number of hydrogen-bond acceptors (Lipinski definition) is 4. The quantitative estimate of drug-likeness (QED) is 0.906. The Morgan fingerprint density at radius 1 is 1.33 bits per heavy atom. The van der Waals surface area contributed by atoms with E-state index in [1.165, 1.54) is 0 Å². The lowest BCUT2D eigenvalue weighted by Crippen LogP contribution is -2.47. The number of aliphatic hydroxyl groups excluding tert-OH is 1. The minimum Gasteiger partial charge on any atom is -0.391 e. The highest BCUT2D eigenvalue weighted by atomic mass is 35.5. The second kappa shape index (κ2) is 7.09. The van der Waals surface area contributed by atoms with E-state index in [4.69, 9.17) is 11.6 Å². The van der Waals surface area contributed by atoms with Crippen molar-refractivity contribution >= 4 is 11.6 Å². The van der Waals surface area contributed by atoms with Gasteiger partial charge >= 0.3 is 0 Å². The van der Waals surface area contributed by atoms with E-state index in [9.17, 15) is 5.11 Å². The first-order chi connectivity index (χ1) is 9.93. The van der Waals surface area contributed by atoms with E-state index in [0.717, 1.165) is 43.9 Å². The molecule has 0 bridgehead atoms. The van der Waals surface area contributed by atoms with Gasteiger partial charge in [0.15, 0.2) is 0 Å². The molecule has 0 spiro atoms. The molecular weight excluding hydrogens is 288 g/mol. The van der Waals surface area contributed by atoms with Crippen LogP contribution in [-0.2, 0) is 19.9 Å². The Bertz CT molecular complexity index is 476. The Morgan fingerprint density at radius 3 is 2.67 bits per heavy atom. The van der Waals surface area contributed by atoms with E-state index in [1.807, 2.05) is 18.7 Å². The summed E-state index contributed by atoms with van der Waals surface area (Å²) in [4.78, 5) is 4.55. The smallest absolute Gasteiger partial charge is 0.0850 e. The molecule has 2 unspecified atom stereocenters. The van der Waals surface area contributed by atoms with Crippen molar-refractivity contribution in [2.75, 3.05) is 33.7 Å². The Hall–Kier alpha value is -0.620. The van der Waals surface area contributed by atoms with Gasteiger partial charge in [-0.15, -0.1) is 0 Å². The number of aliphatic hydroxyl groups is 1. The Balaban J connectivity index is 2.13. The summed E-state index contributed by atoms with van der Waals surface area (Å²) in [6.07, 6.45) is 2.07. The van der Waals surface area contributed by atoms with Crippen molar-refractivity contribution in [1.82, 2.24) is 19.6 Å². The van der Waals surface area contributed by atoms with Crippen molar-refractivity contribution in [3.05, 3.63) is 16.4 Å². The number of hydrogen-bond donors (Lipinski definition) is 1. The van der Waals surface area contributed by atoms with Crippen LogP contribution in [0.25, 0.3) is 0 Å². The molecule has 0 amide bonds. The van der Waals surface area contributed by atoms with Crippen LogP contribution in [0.4, 0.5) is 0 Å². The third-order valence-corrected chi connectivity index (χ3v) is 4.90. The van der Waals surface area contributed by atoms with E-state index < -0.39 is 6.10 Å². The Kier molecular flexibility index (Phi) is 5.66. The maximum atomic E-state index is 10.7. The van der Waals surface area contributed by atoms with Crippen LogP contribution in [0.15, 0.2) is 0 Å². The summed E-state index contributed by atoms with van der Waals surface area (Å²) < 4.78 is 1.81. The first-order valence-electron chi connectivity index (χ1n) is 7.71. The molecule has 5 nitrogen and oxygen atoms in total. The molecule has 1 aromatic heterocycles. The lowest BCUT2D eigenvalue weighted by Gasteiger charge is -2.31. The molecule has 2 rings (SSSR count). The second-order valence-corrected chi connectivity index (χ2v) is 6.50. The molecule has 1 aliphatic rings. The summed E-state index contributed by atoms with van der Waals surface area (Å²) in [5, 5.41) is 15.8. The number of rotatable bonds is 4. The third kappa shape index (κ3) is 3.77. The first-order valence-corrected chi connectivity index (χ1v) is 8.08. The molecule has 1 N–H and O–H groups in total. The van der Waals surface area contributed by atoms with Crippen molar-refractivity contribution in [2.24, 2.45) is 7.05 Å². The van der Waals surface area contributed by atoms with E-state index in [1.54, 1.807) is 0 Å². The van der Waals surface area contributed by atoms with Crippen molar-refractivity contribution in [3.8, 4) is 0 Å². The number of halogens is 1. The van der Waals surface area contributed by atoms with Crippen molar-refractivity contribution in [2.45, 2.75) is 38.3 Å². The summed E-state index contributed by atoms with van der Waals surface area (Å²) in [6, 6.07) is 0.133. The van der Waals surface area contributed by atoms with E-state index in [2.05, 4.69) is 29.0 Å². The normalized spacial score (nSPS) is 23.2. The molecule has 0 saturated carbocycles. The first kappa shape index (κ1) is 16.7. The van der Waals surface area contributed by atoms with E-state index >= 15 is 0 Å². The van der Waals surface area contributed by atoms with Crippen molar-refractivity contribution < 1.29 is 5.11 Å². The lowest BCUT2D eigenvalue weighted by molar-refractivity contribution is 0.0569. The molecule has 0 aromatic carbocycles. The molecule has 1 aliphatic heterocycles. The molecule has 1 aromatic rings. The zero-order valence-electron chi connectivity index (χ0n) is 13.5. The summed E-state index contributed by atoms with van der Waals surface area (Å²) in [5.74, 6) is 0. The van der Waals surface area contributed by atoms with Gasteiger partial charge in [-0.1, -0.05) is 18.5 Å². The van der Waals surface area contributed by atoms with E-state index in [0.29, 0.717) is 11.4 Å². The molecule has 21 heavy (non-hydrogen) atoms. The summed E-state index contributed by atoms with van der Waals surface area (Å²) in [5.41, 5.74) is 1.84. The van der Waals surface area contributed by atoms with Crippen molar-refractivity contribution in [1.29, 1.82) is 0 Å². The van der Waals surface area contributed by atoms with Gasteiger partial charge in [0.2, 0.25) is 0 Å². The third-order valence-electron chi connectivity index (χ3n) is 4.47. The van der Waals surface area contributed by atoms with Gasteiger partial charge in [0.25, 0.3) is 0 Å². The minimum atomic E-state index is -0.437. The van der Waals surface area contributed by atoms with Gasteiger partial charge < -0.3 is 10.0 Å². The molecule has 120 valence electrons. The van der Waals surface area contributed by atoms with Crippen LogP contribution in [0, 0.1) is 0 Å². The topological polar surface area (TPSA) is 44.5 Å². The van der Waals surface area contributed by atoms with Crippen LogP contribution in [0.3, 0.4) is 0 Å². The summed E-state index contributed by atoms with van der Waals surface area (Å²) in [6.45, 7) is 5.03. The van der Waals surface area contributed by atoms with Gasteiger partial charge in [0.05, 0.1) is 22.5 Å². The van der Waals surface area contributed by atoms with Crippen LogP contribution < -0.4 is 0 Å². The SMILES string of the molecule is CCc1nn(C)c(CC(O)C2CN(C)CCCN2C)c1Cl. The summed E-state index contributed by atoms with van der Waals surface area (Å²) in [7, 11) is 6.11. The largest absolute Gasteiger partial charge is 0.391 e. The molecule has 2 heterocycles. The van der Waals surface area contributed by atoms with Gasteiger partial charge in [-0.3, -0.25) is 9.58 Å². The number of aryl methyl sites for hydroxylation is 2.